The van der Waals surface area contributed by atoms with E-state index in [-0.39, 0.29) is 43.9 Å². The van der Waals surface area contributed by atoms with E-state index in [1.807, 2.05) is 12.2 Å². The zero-order chi connectivity index (χ0) is 24.7. The maximum Gasteiger partial charge on any atom is 0.339 e. The number of likely N-dealkylation sites (tertiary alicyclic amines) is 2. The molecule has 10 heteroatoms. The number of nitrogens with zero attached hydrogens (tertiary/aromatic N) is 5. The van der Waals surface area contributed by atoms with Gasteiger partial charge in [0.1, 0.15) is 12.3 Å². The average Bonchev–Trinajstić information content (AvgIpc) is 3.52. The number of carbonyl (C=O) groups is 2. The van der Waals surface area contributed by atoms with Crippen molar-refractivity contribution in [3.63, 3.8) is 0 Å². The normalized spacial score (nSPS) is 38.8. The molecule has 32 heavy (non-hydrogen) atoms. The Balaban J connectivity index is 1.20. The van der Waals surface area contributed by atoms with E-state index in [1.54, 1.807) is 18.5 Å². The molecule has 6 aliphatic rings. The number of halogens is 2. The lowest BCUT2D eigenvalue weighted by molar-refractivity contribution is -0.132. The van der Waals surface area contributed by atoms with Gasteiger partial charge < -0.3 is 9.80 Å². The van der Waals surface area contributed by atoms with Crippen molar-refractivity contribution >= 4 is 18.2 Å². The number of hydrogen-bond donors (Lipinski definition) is 1. The van der Waals surface area contributed by atoms with Crippen molar-refractivity contribution in [2.45, 2.75) is 37.5 Å². The van der Waals surface area contributed by atoms with Crippen molar-refractivity contribution in [1.29, 1.82) is 0 Å². The molecule has 0 radical (unpaired) electrons. The second-order valence-corrected chi connectivity index (χ2v) is 9.36. The maximum absolute atomic E-state index is 13.5. The predicted octanol–water partition coefficient (Wildman–Crippen LogP) is 1.76. The molecule has 0 spiro atoms. The Morgan fingerprint density at radius 3 is 2.91 bits per heavy atom. The highest BCUT2D eigenvalue weighted by Crippen LogP contribution is 2.53. The Morgan fingerprint density at radius 2 is 2.12 bits per heavy atom. The molecule has 0 aromatic rings. The first kappa shape index (κ1) is 16.8. The summed E-state index contributed by atoms with van der Waals surface area (Å²) >= 11 is 0. The molecule has 0 aromatic heterocycles. The summed E-state index contributed by atoms with van der Waals surface area (Å²) in [5, 5.41) is 0.660. The molecule has 3 amide bonds. The molecule has 4 fully saturated rings. The van der Waals surface area contributed by atoms with Crippen LogP contribution in [-0.2, 0) is 4.79 Å². The molecule has 5 atom stereocenters. The fourth-order valence-corrected chi connectivity index (χ4v) is 5.47. The van der Waals surface area contributed by atoms with E-state index in [1.165, 1.54) is 9.80 Å². The third-order valence-corrected chi connectivity index (χ3v) is 7.37. The van der Waals surface area contributed by atoms with Gasteiger partial charge in [-0.25, -0.2) is 19.0 Å². The summed E-state index contributed by atoms with van der Waals surface area (Å²) < 4.78 is 49.7. The van der Waals surface area contributed by atoms with Crippen LogP contribution in [0.15, 0.2) is 40.7 Å². The molecule has 6 rings (SSSR count). The number of aliphatic imine (C=N–C) groups is 1. The van der Waals surface area contributed by atoms with Crippen LogP contribution in [0.5, 0.6) is 0 Å². The molecule has 3 unspecified atom stereocenters. The van der Waals surface area contributed by atoms with Gasteiger partial charge in [0.25, 0.3) is 11.8 Å². The summed E-state index contributed by atoms with van der Waals surface area (Å²) in [5.74, 6) is -2.06. The van der Waals surface area contributed by atoms with Crippen LogP contribution in [0, 0.1) is 17.8 Å². The largest absolute Gasteiger partial charge is 0.349 e. The van der Waals surface area contributed by atoms with Crippen LogP contribution >= 0.6 is 0 Å². The Bertz CT molecular complexity index is 1080. The standard InChI is InChI=1S/C22H26F2N6O2/c1-27-21(32)29-5-2-15(10-18(29)26-27)30-12-14-9-16(14)17-8-13(11-25-19(17)30)20(31)28-6-3-22(23,24)4-7-28/h2,5,8,10-11,14,16-19,26H,3-4,6-7,9,12H2,1H3/t14-,16+,17?,18?,19?/m1/s1/i1D3. The topological polar surface area (TPSA) is 71.5 Å². The van der Waals surface area contributed by atoms with E-state index in [4.69, 9.17) is 9.10 Å². The molecular formula is C22H26F2N6O2. The van der Waals surface area contributed by atoms with Crippen molar-refractivity contribution in [2.24, 2.45) is 22.7 Å². The molecule has 1 aliphatic carbocycles. The zero-order valence-electron chi connectivity index (χ0n) is 20.3. The SMILES string of the molecule is [2H]C([2H])([2H])N1NC2C=C(N3C[C@H]4C[C@@H]4C4C=C(C(=O)N5CCC(F)(F)CC5)C=NC43)C=CN2C1=O. The smallest absolute Gasteiger partial charge is 0.339 e. The highest BCUT2D eigenvalue weighted by Gasteiger charge is 2.53. The van der Waals surface area contributed by atoms with Gasteiger partial charge in [-0.2, -0.15) is 0 Å². The van der Waals surface area contributed by atoms with E-state index in [0.717, 1.165) is 18.7 Å². The minimum Gasteiger partial charge on any atom is -0.349 e. The monoisotopic (exact) mass is 447 g/mol. The summed E-state index contributed by atoms with van der Waals surface area (Å²) in [4.78, 5) is 35.1. The number of allylic oxidation sites excluding steroid dienone is 1. The fourth-order valence-electron chi connectivity index (χ4n) is 5.47. The molecule has 3 saturated heterocycles. The molecule has 170 valence electrons. The Kier molecular flexibility index (Phi) is 3.61. The van der Waals surface area contributed by atoms with Gasteiger partial charge in [-0.3, -0.25) is 19.7 Å². The van der Waals surface area contributed by atoms with E-state index < -0.39 is 25.1 Å². The van der Waals surface area contributed by atoms with Crippen molar-refractivity contribution in [2.75, 3.05) is 26.6 Å². The lowest BCUT2D eigenvalue weighted by atomic mass is 9.88. The van der Waals surface area contributed by atoms with Gasteiger partial charge in [0.05, 0.1) is 5.57 Å². The summed E-state index contributed by atoms with van der Waals surface area (Å²) in [6.07, 6.45) is 8.25. The molecule has 0 bridgehead atoms. The number of fused-ring (bicyclic) bond motifs is 4. The number of hydrogen-bond acceptors (Lipinski definition) is 5. The van der Waals surface area contributed by atoms with E-state index in [9.17, 15) is 18.4 Å². The Hall–Kier alpha value is -2.75. The Labute approximate surface area is 189 Å². The Morgan fingerprint density at radius 1 is 1.31 bits per heavy atom. The second-order valence-electron chi connectivity index (χ2n) is 9.36. The van der Waals surface area contributed by atoms with Gasteiger partial charge >= 0.3 is 6.03 Å². The summed E-state index contributed by atoms with van der Waals surface area (Å²) in [5.41, 5.74) is 4.04. The van der Waals surface area contributed by atoms with Crippen LogP contribution in [0.4, 0.5) is 13.6 Å². The lowest BCUT2D eigenvalue weighted by Gasteiger charge is -2.42. The van der Waals surface area contributed by atoms with Crippen molar-refractivity contribution < 1.29 is 22.5 Å². The third kappa shape index (κ3) is 3.15. The lowest BCUT2D eigenvalue weighted by Crippen LogP contribution is -2.48. The van der Waals surface area contributed by atoms with Crippen LogP contribution in [0.2, 0.25) is 0 Å². The molecule has 8 nitrogen and oxygen atoms in total. The summed E-state index contributed by atoms with van der Waals surface area (Å²) in [6, 6.07) is -0.641. The molecule has 1 N–H and O–H groups in total. The van der Waals surface area contributed by atoms with E-state index in [2.05, 4.69) is 10.3 Å². The zero-order valence-corrected chi connectivity index (χ0v) is 17.3. The number of urea groups is 1. The van der Waals surface area contributed by atoms with Gasteiger partial charge in [-0.1, -0.05) is 6.08 Å². The van der Waals surface area contributed by atoms with Crippen LogP contribution < -0.4 is 5.43 Å². The molecule has 5 aliphatic heterocycles. The van der Waals surface area contributed by atoms with Gasteiger partial charge in [-0.05, 0) is 30.4 Å². The number of nitrogens with one attached hydrogen (secondary N) is 1. The minimum atomic E-state index is -2.71. The molecule has 1 saturated carbocycles. The number of piperidine rings is 2. The first-order chi connectivity index (χ1) is 16.5. The van der Waals surface area contributed by atoms with Crippen molar-refractivity contribution in [3.05, 3.63) is 35.7 Å². The first-order valence-electron chi connectivity index (χ1n) is 12.5. The number of hydrazine groups is 1. The van der Waals surface area contributed by atoms with E-state index in [0.29, 0.717) is 22.4 Å². The first-order valence-corrected chi connectivity index (χ1v) is 11.0. The third-order valence-electron chi connectivity index (χ3n) is 7.37. The van der Waals surface area contributed by atoms with Gasteiger partial charge in [0.15, 0.2) is 0 Å². The number of amides is 3. The minimum absolute atomic E-state index is 0.0216. The van der Waals surface area contributed by atoms with Crippen LogP contribution in [-0.4, -0.2) is 82.7 Å². The van der Waals surface area contributed by atoms with E-state index >= 15 is 0 Å². The van der Waals surface area contributed by atoms with Crippen molar-refractivity contribution in [1.82, 2.24) is 25.1 Å². The average molecular weight is 448 g/mol. The van der Waals surface area contributed by atoms with Gasteiger partial charge in [0, 0.05) is 67.6 Å². The molecule has 5 heterocycles. The maximum atomic E-state index is 13.5. The van der Waals surface area contributed by atoms with Crippen LogP contribution in [0.25, 0.3) is 0 Å². The number of dihydropyridines is 1. The number of alkyl halides is 2. The summed E-state index contributed by atoms with van der Waals surface area (Å²) in [6.45, 7) is -1.74. The number of rotatable bonds is 2. The predicted molar refractivity (Wildman–Crippen MR) is 112 cm³/mol. The quantitative estimate of drug-likeness (QED) is 0.700. The van der Waals surface area contributed by atoms with Crippen LogP contribution in [0.1, 0.15) is 23.4 Å². The summed E-state index contributed by atoms with van der Waals surface area (Å²) in [7, 11) is 0. The fraction of sp³-hybridized carbons (Fsp3) is 0.591. The number of carbonyl (C=O) groups excluding carboxylic acids is 2. The highest BCUT2D eigenvalue weighted by molar-refractivity contribution is 6.12. The van der Waals surface area contributed by atoms with Crippen LogP contribution in [0.3, 0.4) is 0 Å². The van der Waals surface area contributed by atoms with Gasteiger partial charge in [-0.15, -0.1) is 0 Å². The molecule has 0 aromatic carbocycles. The van der Waals surface area contributed by atoms with Crippen molar-refractivity contribution in [3.8, 4) is 0 Å². The highest BCUT2D eigenvalue weighted by atomic mass is 19.3. The van der Waals surface area contributed by atoms with Gasteiger partial charge in [0.2, 0.25) is 0 Å². The second kappa shape index (κ2) is 6.87. The molecular weight excluding hydrogens is 418 g/mol.